The zero-order valence-electron chi connectivity index (χ0n) is 18.7. The molecule has 0 aliphatic carbocycles. The molecule has 0 amide bonds. The highest BCUT2D eigenvalue weighted by Crippen LogP contribution is 2.41. The summed E-state index contributed by atoms with van der Waals surface area (Å²) in [5.74, 6) is 0. The second-order valence-electron chi connectivity index (χ2n) is 8.84. The lowest BCUT2D eigenvalue weighted by Crippen LogP contribution is -2.29. The van der Waals surface area contributed by atoms with E-state index in [-0.39, 0.29) is 0 Å². The van der Waals surface area contributed by atoms with Crippen molar-refractivity contribution in [3.63, 3.8) is 0 Å². The van der Waals surface area contributed by atoms with E-state index in [1.807, 2.05) is 54.6 Å². The molecule has 2 N–H and O–H groups in total. The number of para-hydroxylation sites is 2. The Hall–Kier alpha value is -4.32. The first-order valence-electron chi connectivity index (χ1n) is 11.6. The maximum absolute atomic E-state index is 9.66. The lowest BCUT2D eigenvalue weighted by atomic mass is 9.79. The second-order valence-corrected chi connectivity index (χ2v) is 8.84. The van der Waals surface area contributed by atoms with Gasteiger partial charge in [0.2, 0.25) is 0 Å². The van der Waals surface area contributed by atoms with E-state index >= 15 is 0 Å². The van der Waals surface area contributed by atoms with Crippen molar-refractivity contribution >= 4 is 56.3 Å². The Kier molecular flexibility index (Phi) is 4.36. The Morgan fingerprint density at radius 2 is 1.37 bits per heavy atom. The average molecular weight is 453 g/mol. The first kappa shape index (κ1) is 20.1. The second kappa shape index (κ2) is 7.60. The van der Waals surface area contributed by atoms with Gasteiger partial charge in [-0.15, -0.1) is 0 Å². The molecule has 0 unspecified atom stereocenters. The molecule has 0 saturated heterocycles. The van der Waals surface area contributed by atoms with Crippen molar-refractivity contribution in [3.05, 3.63) is 109 Å². The lowest BCUT2D eigenvalue weighted by molar-refractivity contribution is 0.426. The highest BCUT2D eigenvalue weighted by molar-refractivity contribution is 6.58. The Labute approximate surface area is 201 Å². The van der Waals surface area contributed by atoms with Crippen molar-refractivity contribution < 1.29 is 14.5 Å². The zero-order chi connectivity index (χ0) is 23.5. The van der Waals surface area contributed by atoms with Crippen LogP contribution in [0.5, 0.6) is 0 Å². The van der Waals surface area contributed by atoms with Crippen LogP contribution in [-0.2, 0) is 0 Å². The van der Waals surface area contributed by atoms with Gasteiger partial charge >= 0.3 is 7.12 Å². The molecule has 166 valence electrons. The highest BCUT2D eigenvalue weighted by atomic mass is 16.4. The zero-order valence-corrected chi connectivity index (χ0v) is 18.7. The summed E-state index contributed by atoms with van der Waals surface area (Å²) in [5.41, 5.74) is 7.38. The normalized spacial score (nSPS) is 11.7. The molecule has 5 aromatic carbocycles. The Bertz CT molecular complexity index is 1880. The van der Waals surface area contributed by atoms with Gasteiger partial charge in [-0.3, -0.25) is 0 Å². The van der Waals surface area contributed by atoms with E-state index in [9.17, 15) is 10.0 Å². The summed E-state index contributed by atoms with van der Waals surface area (Å²) in [6.45, 7) is 0. The van der Waals surface area contributed by atoms with E-state index in [4.69, 9.17) is 4.42 Å². The summed E-state index contributed by atoms with van der Waals surface area (Å²) in [5, 5.41) is 23.7. The molecular weight excluding hydrogens is 433 g/mol. The number of aromatic nitrogens is 1. The number of nitrogens with zero attached hydrogens (tertiary/aromatic N) is 1. The molecule has 0 saturated carbocycles. The van der Waals surface area contributed by atoms with Gasteiger partial charge in [0, 0.05) is 21.8 Å². The van der Waals surface area contributed by atoms with E-state index in [1.54, 1.807) is 6.07 Å². The first-order chi connectivity index (χ1) is 17.2. The van der Waals surface area contributed by atoms with Crippen LogP contribution in [0.1, 0.15) is 0 Å². The molecule has 2 heterocycles. The largest absolute Gasteiger partial charge is 0.488 e. The van der Waals surface area contributed by atoms with Gasteiger partial charge in [-0.2, -0.15) is 0 Å². The van der Waals surface area contributed by atoms with Crippen LogP contribution in [0.2, 0.25) is 0 Å². The maximum Gasteiger partial charge on any atom is 0.488 e. The minimum atomic E-state index is -1.50. The van der Waals surface area contributed by atoms with Crippen LogP contribution < -0.4 is 5.46 Å². The molecule has 7 rings (SSSR count). The van der Waals surface area contributed by atoms with Crippen molar-refractivity contribution in [3.8, 4) is 16.8 Å². The van der Waals surface area contributed by atoms with Gasteiger partial charge in [-0.25, -0.2) is 0 Å². The minimum absolute atomic E-state index is 0.468. The first-order valence-corrected chi connectivity index (χ1v) is 11.6. The fourth-order valence-electron chi connectivity index (χ4n) is 5.20. The average Bonchev–Trinajstić information content (AvgIpc) is 3.44. The van der Waals surface area contributed by atoms with Crippen molar-refractivity contribution in [1.82, 2.24) is 4.57 Å². The fraction of sp³-hybridized carbons (Fsp3) is 0. The SMILES string of the molecule is OB(O)c1cccc(-c2ccc3c4c5oc6ccccc6c5ccc4n(-c4ccccc4)c3c2)c1. The van der Waals surface area contributed by atoms with E-state index < -0.39 is 7.12 Å². The predicted molar refractivity (Wildman–Crippen MR) is 143 cm³/mol. The maximum atomic E-state index is 9.66. The summed E-state index contributed by atoms with van der Waals surface area (Å²) in [7, 11) is -1.50. The Balaban J connectivity index is 1.60. The Morgan fingerprint density at radius 3 is 2.23 bits per heavy atom. The lowest BCUT2D eigenvalue weighted by Gasteiger charge is -2.09. The van der Waals surface area contributed by atoms with Crippen molar-refractivity contribution in [2.24, 2.45) is 0 Å². The molecular formula is C30H20BNO3. The van der Waals surface area contributed by atoms with Crippen molar-refractivity contribution in [2.45, 2.75) is 0 Å². The van der Waals surface area contributed by atoms with Crippen molar-refractivity contribution in [1.29, 1.82) is 0 Å². The molecule has 7 aromatic rings. The van der Waals surface area contributed by atoms with Gasteiger partial charge < -0.3 is 19.0 Å². The van der Waals surface area contributed by atoms with Crippen LogP contribution in [-0.4, -0.2) is 21.7 Å². The number of hydrogen-bond acceptors (Lipinski definition) is 3. The highest BCUT2D eigenvalue weighted by Gasteiger charge is 2.19. The van der Waals surface area contributed by atoms with Crippen LogP contribution in [0.4, 0.5) is 0 Å². The fourth-order valence-corrected chi connectivity index (χ4v) is 5.20. The molecule has 35 heavy (non-hydrogen) atoms. The topological polar surface area (TPSA) is 58.5 Å². The summed E-state index contributed by atoms with van der Waals surface area (Å²) >= 11 is 0. The molecule has 2 aromatic heterocycles. The number of fused-ring (bicyclic) bond motifs is 7. The summed E-state index contributed by atoms with van der Waals surface area (Å²) in [6, 6.07) is 36.6. The van der Waals surface area contributed by atoms with Gasteiger partial charge in [-0.05, 0) is 53.0 Å². The molecule has 0 spiro atoms. The number of rotatable bonds is 3. The van der Waals surface area contributed by atoms with E-state index in [0.29, 0.717) is 5.46 Å². The van der Waals surface area contributed by atoms with Crippen LogP contribution >= 0.6 is 0 Å². The number of benzene rings is 5. The third-order valence-electron chi connectivity index (χ3n) is 6.81. The van der Waals surface area contributed by atoms with E-state index in [1.165, 1.54) is 0 Å². The van der Waals surface area contributed by atoms with Gasteiger partial charge in [0.25, 0.3) is 0 Å². The summed E-state index contributed by atoms with van der Waals surface area (Å²) < 4.78 is 8.68. The summed E-state index contributed by atoms with van der Waals surface area (Å²) in [4.78, 5) is 0. The monoisotopic (exact) mass is 453 g/mol. The predicted octanol–water partition coefficient (Wildman–Crippen LogP) is 6.03. The minimum Gasteiger partial charge on any atom is -0.455 e. The number of hydrogen-bond donors (Lipinski definition) is 2. The third-order valence-corrected chi connectivity index (χ3v) is 6.81. The van der Waals surface area contributed by atoms with Crippen LogP contribution in [0, 0.1) is 0 Å². The molecule has 0 aliphatic heterocycles. The van der Waals surface area contributed by atoms with Gasteiger partial charge in [0.05, 0.1) is 16.4 Å². The van der Waals surface area contributed by atoms with E-state index in [2.05, 4.69) is 53.1 Å². The molecule has 5 heteroatoms. The Morgan fingerprint density at radius 1 is 0.600 bits per heavy atom. The van der Waals surface area contributed by atoms with E-state index in [0.717, 1.165) is 60.6 Å². The molecule has 0 fully saturated rings. The smallest absolute Gasteiger partial charge is 0.455 e. The molecule has 0 bridgehead atoms. The molecule has 0 radical (unpaired) electrons. The third kappa shape index (κ3) is 3.03. The van der Waals surface area contributed by atoms with Gasteiger partial charge in [-0.1, -0.05) is 72.8 Å². The van der Waals surface area contributed by atoms with Crippen molar-refractivity contribution in [2.75, 3.05) is 0 Å². The van der Waals surface area contributed by atoms with Gasteiger partial charge in [0.15, 0.2) is 0 Å². The van der Waals surface area contributed by atoms with Gasteiger partial charge in [0.1, 0.15) is 11.2 Å². The quantitative estimate of drug-likeness (QED) is 0.321. The van der Waals surface area contributed by atoms with Crippen LogP contribution in [0.3, 0.4) is 0 Å². The van der Waals surface area contributed by atoms with Crippen LogP contribution in [0.15, 0.2) is 114 Å². The number of furan rings is 1. The standard InChI is InChI=1S/C30H20BNO3/c33-31(34)21-8-6-7-19(17-21)20-13-14-25-27(18-20)32(22-9-2-1-3-10-22)26-16-15-24-23-11-4-5-12-28(23)35-30(24)29(25)26/h1-18,33-34H. The van der Waals surface area contributed by atoms with Crippen LogP contribution in [0.25, 0.3) is 60.6 Å². The molecule has 4 nitrogen and oxygen atoms in total. The molecule has 0 atom stereocenters. The summed E-state index contributed by atoms with van der Waals surface area (Å²) in [6.07, 6.45) is 0. The molecule has 0 aliphatic rings.